The first-order valence-corrected chi connectivity index (χ1v) is 4.23. The van der Waals surface area contributed by atoms with Crippen LogP contribution in [0.2, 0.25) is 0 Å². The fraction of sp³-hybridized carbons (Fsp3) is 0.400. The van der Waals surface area contributed by atoms with Crippen LogP contribution in [0.5, 0.6) is 5.75 Å². The molecule has 1 saturated carbocycles. The third-order valence-electron chi connectivity index (χ3n) is 2.20. The number of hydrogen-bond acceptors (Lipinski definition) is 2. The number of benzene rings is 1. The smallest absolute Gasteiger partial charge is 0.120 e. The molecule has 0 heterocycles. The number of anilines is 1. The minimum atomic E-state index is 0.107. The normalized spacial score (nSPS) is 18.8. The first-order valence-electron chi connectivity index (χ1n) is 4.23. The van der Waals surface area contributed by atoms with Crippen LogP contribution in [0.25, 0.3) is 0 Å². The van der Waals surface area contributed by atoms with Gasteiger partial charge in [-0.2, -0.15) is 0 Å². The summed E-state index contributed by atoms with van der Waals surface area (Å²) in [5.41, 5.74) is 6.44. The molecule has 1 aliphatic rings. The minimum absolute atomic E-state index is 0.107. The van der Waals surface area contributed by atoms with Crippen molar-refractivity contribution in [3.05, 3.63) is 24.3 Å². The molecule has 0 atom stereocenters. The minimum Gasteiger partial charge on any atom is -0.488 e. The molecule has 1 aromatic rings. The van der Waals surface area contributed by atoms with Crippen LogP contribution < -0.4 is 10.5 Å². The molecule has 1 fully saturated rings. The highest BCUT2D eigenvalue weighted by molar-refractivity contribution is 5.41. The molecule has 1 aromatic carbocycles. The van der Waals surface area contributed by atoms with Gasteiger partial charge < -0.3 is 10.5 Å². The fourth-order valence-electron chi connectivity index (χ4n) is 1.10. The molecule has 0 aromatic heterocycles. The molecule has 0 aliphatic heterocycles. The van der Waals surface area contributed by atoms with Gasteiger partial charge in [-0.15, -0.1) is 0 Å². The Kier molecular flexibility index (Phi) is 1.50. The Hall–Kier alpha value is -1.18. The molecule has 0 radical (unpaired) electrons. The Morgan fingerprint density at radius 2 is 1.83 bits per heavy atom. The van der Waals surface area contributed by atoms with Gasteiger partial charge in [-0.25, -0.2) is 0 Å². The summed E-state index contributed by atoms with van der Waals surface area (Å²) in [5, 5.41) is 0. The third kappa shape index (κ3) is 1.52. The summed E-state index contributed by atoms with van der Waals surface area (Å²) in [6, 6.07) is 7.56. The van der Waals surface area contributed by atoms with Crippen molar-refractivity contribution in [2.24, 2.45) is 0 Å². The quantitative estimate of drug-likeness (QED) is 0.678. The Labute approximate surface area is 72.3 Å². The number of ether oxygens (including phenoxy) is 1. The summed E-state index contributed by atoms with van der Waals surface area (Å²) in [5.74, 6) is 0.921. The molecule has 12 heavy (non-hydrogen) atoms. The van der Waals surface area contributed by atoms with Crippen molar-refractivity contribution in [1.82, 2.24) is 0 Å². The molecule has 0 saturated heterocycles. The predicted molar refractivity (Wildman–Crippen MR) is 49.1 cm³/mol. The second-order valence-electron chi connectivity index (χ2n) is 3.62. The Bertz CT molecular complexity index is 274. The van der Waals surface area contributed by atoms with Gasteiger partial charge in [0.25, 0.3) is 0 Å². The van der Waals surface area contributed by atoms with E-state index >= 15 is 0 Å². The zero-order valence-corrected chi connectivity index (χ0v) is 7.21. The van der Waals surface area contributed by atoms with Crippen LogP contribution in [0, 0.1) is 0 Å². The van der Waals surface area contributed by atoms with Gasteiger partial charge in [0.1, 0.15) is 11.4 Å². The van der Waals surface area contributed by atoms with E-state index in [0.717, 1.165) is 24.3 Å². The van der Waals surface area contributed by atoms with Crippen LogP contribution >= 0.6 is 0 Å². The largest absolute Gasteiger partial charge is 0.488 e. The molecular weight excluding hydrogens is 150 g/mol. The average molecular weight is 163 g/mol. The lowest BCUT2D eigenvalue weighted by Crippen LogP contribution is -2.11. The zero-order chi connectivity index (χ0) is 8.60. The van der Waals surface area contributed by atoms with Crippen molar-refractivity contribution >= 4 is 5.69 Å². The van der Waals surface area contributed by atoms with Gasteiger partial charge in [0.2, 0.25) is 0 Å². The third-order valence-corrected chi connectivity index (χ3v) is 2.20. The fourth-order valence-corrected chi connectivity index (χ4v) is 1.10. The zero-order valence-electron chi connectivity index (χ0n) is 7.21. The molecule has 2 rings (SSSR count). The van der Waals surface area contributed by atoms with Gasteiger partial charge in [0, 0.05) is 5.69 Å². The molecule has 0 unspecified atom stereocenters. The van der Waals surface area contributed by atoms with E-state index in [2.05, 4.69) is 6.92 Å². The molecule has 0 amide bonds. The molecule has 0 spiro atoms. The highest BCUT2D eigenvalue weighted by Crippen LogP contribution is 2.39. The maximum absolute atomic E-state index is 5.71. The van der Waals surface area contributed by atoms with Gasteiger partial charge >= 0.3 is 0 Å². The number of hydrogen-bond donors (Lipinski definition) is 1. The van der Waals surface area contributed by atoms with Crippen LogP contribution in [-0.2, 0) is 0 Å². The van der Waals surface area contributed by atoms with Crippen molar-refractivity contribution in [3.63, 3.8) is 0 Å². The SMILES string of the molecule is CC1(Oc2ccc(N)cc2)CC1. The van der Waals surface area contributed by atoms with Crippen LogP contribution in [0.3, 0.4) is 0 Å². The molecule has 64 valence electrons. The van der Waals surface area contributed by atoms with E-state index in [-0.39, 0.29) is 5.60 Å². The van der Waals surface area contributed by atoms with Crippen molar-refractivity contribution in [2.75, 3.05) is 5.73 Å². The standard InChI is InChI=1S/C10H13NO/c1-10(6-7-10)12-9-4-2-8(11)3-5-9/h2-5H,6-7,11H2,1H3. The number of nitrogens with two attached hydrogens (primary N) is 1. The van der Waals surface area contributed by atoms with E-state index in [1.165, 1.54) is 0 Å². The maximum Gasteiger partial charge on any atom is 0.120 e. The lowest BCUT2D eigenvalue weighted by atomic mass is 10.3. The highest BCUT2D eigenvalue weighted by atomic mass is 16.5. The molecule has 2 nitrogen and oxygen atoms in total. The summed E-state index contributed by atoms with van der Waals surface area (Å²) in [6.07, 6.45) is 2.33. The summed E-state index contributed by atoms with van der Waals surface area (Å²) < 4.78 is 5.71. The Morgan fingerprint density at radius 3 is 2.33 bits per heavy atom. The van der Waals surface area contributed by atoms with Crippen molar-refractivity contribution in [3.8, 4) is 5.75 Å². The van der Waals surface area contributed by atoms with E-state index in [1.807, 2.05) is 24.3 Å². The van der Waals surface area contributed by atoms with Gasteiger partial charge in [0.15, 0.2) is 0 Å². The van der Waals surface area contributed by atoms with Crippen LogP contribution in [0.1, 0.15) is 19.8 Å². The van der Waals surface area contributed by atoms with Gasteiger partial charge in [-0.1, -0.05) is 0 Å². The second kappa shape index (κ2) is 2.41. The molecule has 0 bridgehead atoms. The van der Waals surface area contributed by atoms with Crippen LogP contribution in [0.4, 0.5) is 5.69 Å². The molecule has 1 aliphatic carbocycles. The van der Waals surface area contributed by atoms with Crippen molar-refractivity contribution in [2.45, 2.75) is 25.4 Å². The number of rotatable bonds is 2. The summed E-state index contributed by atoms with van der Waals surface area (Å²) in [4.78, 5) is 0. The Balaban J connectivity index is 2.08. The highest BCUT2D eigenvalue weighted by Gasteiger charge is 2.39. The van der Waals surface area contributed by atoms with Crippen LogP contribution in [-0.4, -0.2) is 5.60 Å². The van der Waals surface area contributed by atoms with Crippen molar-refractivity contribution < 1.29 is 4.74 Å². The second-order valence-corrected chi connectivity index (χ2v) is 3.62. The van der Waals surface area contributed by atoms with Gasteiger partial charge in [-0.05, 0) is 44.0 Å². The van der Waals surface area contributed by atoms with Gasteiger partial charge in [-0.3, -0.25) is 0 Å². The van der Waals surface area contributed by atoms with Gasteiger partial charge in [0.05, 0.1) is 0 Å². The summed E-state index contributed by atoms with van der Waals surface area (Å²) >= 11 is 0. The van der Waals surface area contributed by atoms with E-state index in [1.54, 1.807) is 0 Å². The topological polar surface area (TPSA) is 35.2 Å². The van der Waals surface area contributed by atoms with E-state index in [4.69, 9.17) is 10.5 Å². The Morgan fingerprint density at radius 1 is 1.25 bits per heavy atom. The lowest BCUT2D eigenvalue weighted by Gasteiger charge is -2.12. The molecular formula is C10H13NO. The van der Waals surface area contributed by atoms with Crippen LogP contribution in [0.15, 0.2) is 24.3 Å². The maximum atomic E-state index is 5.71. The lowest BCUT2D eigenvalue weighted by molar-refractivity contribution is 0.200. The molecule has 2 heteroatoms. The first-order chi connectivity index (χ1) is 5.68. The van der Waals surface area contributed by atoms with E-state index in [9.17, 15) is 0 Å². The average Bonchev–Trinajstić information content (AvgIpc) is 2.74. The predicted octanol–water partition coefficient (Wildman–Crippen LogP) is 2.20. The summed E-state index contributed by atoms with van der Waals surface area (Å²) in [6.45, 7) is 2.13. The van der Waals surface area contributed by atoms with E-state index in [0.29, 0.717) is 0 Å². The summed E-state index contributed by atoms with van der Waals surface area (Å²) in [7, 11) is 0. The van der Waals surface area contributed by atoms with E-state index < -0.39 is 0 Å². The van der Waals surface area contributed by atoms with Crippen molar-refractivity contribution in [1.29, 1.82) is 0 Å². The first kappa shape index (κ1) is 7.47. The monoisotopic (exact) mass is 163 g/mol. The number of nitrogen functional groups attached to an aromatic ring is 1. The molecule has 2 N–H and O–H groups in total.